The molecule has 0 fully saturated rings. The predicted octanol–water partition coefficient (Wildman–Crippen LogP) is 5.18. The molecule has 2 amide bonds. The summed E-state index contributed by atoms with van der Waals surface area (Å²) in [5, 5.41) is 14.4. The molecule has 1 atom stereocenters. The monoisotopic (exact) mass is 497 g/mol. The van der Waals surface area contributed by atoms with E-state index in [2.05, 4.69) is 15.5 Å². The number of aryl methyl sites for hydroxylation is 1. The average Bonchev–Trinajstić information content (AvgIpc) is 3.42. The van der Waals surface area contributed by atoms with Crippen molar-refractivity contribution in [2.45, 2.75) is 24.3 Å². The van der Waals surface area contributed by atoms with Crippen LogP contribution in [-0.4, -0.2) is 31.8 Å². The van der Waals surface area contributed by atoms with Gasteiger partial charge in [0, 0.05) is 16.3 Å². The summed E-state index contributed by atoms with van der Waals surface area (Å²) in [7, 11) is 0. The standard InChI is InChI=1S/C23H20ClN5O2S2/c1-13-3-9-17(10-4-13)29-20(15-5-7-16(24)8-6-15)27-28-23(29)33-14(2)21(31)26-22-18(19(25)30)11-12-32-22/h3-12,14H,1-2H3,(H2,25,30)(H,26,31). The fourth-order valence-corrected chi connectivity index (χ4v) is 4.87. The number of nitrogens with zero attached hydrogens (tertiary/aromatic N) is 3. The lowest BCUT2D eigenvalue weighted by Gasteiger charge is -2.14. The number of halogens is 1. The molecule has 4 aromatic rings. The number of amides is 2. The van der Waals surface area contributed by atoms with Crippen LogP contribution < -0.4 is 11.1 Å². The van der Waals surface area contributed by atoms with E-state index in [1.165, 1.54) is 23.1 Å². The SMILES string of the molecule is Cc1ccc(-n2c(SC(C)C(=O)Nc3sccc3C(N)=O)nnc2-c2ccc(Cl)cc2)cc1. The largest absolute Gasteiger partial charge is 0.366 e. The highest BCUT2D eigenvalue weighted by molar-refractivity contribution is 8.00. The zero-order valence-corrected chi connectivity index (χ0v) is 20.2. The second kappa shape index (κ2) is 9.78. The van der Waals surface area contributed by atoms with Crippen molar-refractivity contribution in [2.24, 2.45) is 5.73 Å². The van der Waals surface area contributed by atoms with E-state index in [9.17, 15) is 9.59 Å². The first kappa shape index (κ1) is 23.0. The molecule has 4 rings (SSSR count). The summed E-state index contributed by atoms with van der Waals surface area (Å²) >= 11 is 8.57. The first-order valence-corrected chi connectivity index (χ1v) is 12.1. The number of hydrogen-bond donors (Lipinski definition) is 2. The quantitative estimate of drug-likeness (QED) is 0.342. The molecule has 0 aliphatic heterocycles. The number of anilines is 1. The maximum atomic E-state index is 12.8. The van der Waals surface area contributed by atoms with Gasteiger partial charge in [0.15, 0.2) is 11.0 Å². The van der Waals surface area contributed by atoms with Crippen LogP contribution in [-0.2, 0) is 4.79 Å². The number of benzene rings is 2. The van der Waals surface area contributed by atoms with Gasteiger partial charge in [-0.3, -0.25) is 14.2 Å². The van der Waals surface area contributed by atoms with Crippen molar-refractivity contribution in [1.29, 1.82) is 0 Å². The van der Waals surface area contributed by atoms with E-state index in [1.54, 1.807) is 30.5 Å². The first-order chi connectivity index (χ1) is 15.8. The van der Waals surface area contributed by atoms with Crippen molar-refractivity contribution in [1.82, 2.24) is 14.8 Å². The Morgan fingerprint density at radius 1 is 1.09 bits per heavy atom. The second-order valence-corrected chi connectivity index (χ2v) is 9.92. The van der Waals surface area contributed by atoms with E-state index in [1.807, 2.05) is 47.9 Å². The first-order valence-electron chi connectivity index (χ1n) is 9.96. The third-order valence-electron chi connectivity index (χ3n) is 4.85. The normalized spacial score (nSPS) is 11.8. The van der Waals surface area contributed by atoms with E-state index in [0.717, 1.165) is 16.8 Å². The third kappa shape index (κ3) is 5.11. The van der Waals surface area contributed by atoms with Crippen molar-refractivity contribution < 1.29 is 9.59 Å². The predicted molar refractivity (Wildman–Crippen MR) is 133 cm³/mol. The number of nitrogens with one attached hydrogen (secondary N) is 1. The van der Waals surface area contributed by atoms with E-state index < -0.39 is 11.2 Å². The van der Waals surface area contributed by atoms with Crippen LogP contribution in [0.1, 0.15) is 22.8 Å². The summed E-state index contributed by atoms with van der Waals surface area (Å²) in [6.45, 7) is 3.79. The minimum atomic E-state index is -0.585. The van der Waals surface area contributed by atoms with Crippen molar-refractivity contribution in [2.75, 3.05) is 5.32 Å². The Morgan fingerprint density at radius 2 is 1.79 bits per heavy atom. The molecule has 2 aromatic heterocycles. The summed E-state index contributed by atoms with van der Waals surface area (Å²) in [6, 6.07) is 16.9. The fraction of sp³-hybridized carbons (Fsp3) is 0.130. The number of hydrogen-bond acceptors (Lipinski definition) is 6. The molecule has 7 nitrogen and oxygen atoms in total. The lowest BCUT2D eigenvalue weighted by molar-refractivity contribution is -0.115. The van der Waals surface area contributed by atoms with Crippen LogP contribution in [0.3, 0.4) is 0 Å². The molecule has 2 heterocycles. The molecule has 0 saturated carbocycles. The van der Waals surface area contributed by atoms with Crippen LogP contribution in [0.4, 0.5) is 5.00 Å². The summed E-state index contributed by atoms with van der Waals surface area (Å²) in [5.41, 5.74) is 8.52. The number of carbonyl (C=O) groups excluding carboxylic acids is 2. The molecule has 0 saturated heterocycles. The lowest BCUT2D eigenvalue weighted by Crippen LogP contribution is -2.24. The molecule has 168 valence electrons. The highest BCUT2D eigenvalue weighted by Crippen LogP contribution is 2.32. The van der Waals surface area contributed by atoms with E-state index in [0.29, 0.717) is 26.6 Å². The van der Waals surface area contributed by atoms with Gasteiger partial charge in [-0.25, -0.2) is 0 Å². The Labute approximate surface area is 204 Å². The Kier molecular flexibility index (Phi) is 6.83. The van der Waals surface area contributed by atoms with Crippen molar-refractivity contribution >= 4 is 51.5 Å². The van der Waals surface area contributed by atoms with Gasteiger partial charge in [0.25, 0.3) is 5.91 Å². The Morgan fingerprint density at radius 3 is 2.45 bits per heavy atom. The zero-order chi connectivity index (χ0) is 23.5. The number of thiophene rings is 1. The molecule has 33 heavy (non-hydrogen) atoms. The minimum Gasteiger partial charge on any atom is -0.366 e. The minimum absolute atomic E-state index is 0.267. The molecular weight excluding hydrogens is 478 g/mol. The summed E-state index contributed by atoms with van der Waals surface area (Å²) in [4.78, 5) is 24.4. The summed E-state index contributed by atoms with van der Waals surface area (Å²) in [6.07, 6.45) is 0. The number of carbonyl (C=O) groups is 2. The van der Waals surface area contributed by atoms with Gasteiger partial charge < -0.3 is 11.1 Å². The molecule has 0 bridgehead atoms. The maximum absolute atomic E-state index is 12.8. The van der Waals surface area contributed by atoms with Gasteiger partial charge in [0.1, 0.15) is 5.00 Å². The topological polar surface area (TPSA) is 103 Å². The molecule has 10 heteroatoms. The molecule has 3 N–H and O–H groups in total. The third-order valence-corrected chi connectivity index (χ3v) is 6.97. The number of aromatic nitrogens is 3. The zero-order valence-electron chi connectivity index (χ0n) is 17.8. The van der Waals surface area contributed by atoms with Gasteiger partial charge in [-0.1, -0.05) is 41.1 Å². The van der Waals surface area contributed by atoms with E-state index in [4.69, 9.17) is 17.3 Å². The Balaban J connectivity index is 1.65. The van der Waals surface area contributed by atoms with E-state index in [-0.39, 0.29) is 5.91 Å². The maximum Gasteiger partial charge on any atom is 0.251 e. The Hall–Kier alpha value is -3.14. The van der Waals surface area contributed by atoms with Gasteiger partial charge in [-0.15, -0.1) is 21.5 Å². The van der Waals surface area contributed by atoms with Crippen LogP contribution in [0.15, 0.2) is 65.1 Å². The fourth-order valence-electron chi connectivity index (χ4n) is 3.08. The number of primary amides is 1. The smallest absolute Gasteiger partial charge is 0.251 e. The van der Waals surface area contributed by atoms with Crippen LogP contribution in [0.5, 0.6) is 0 Å². The van der Waals surface area contributed by atoms with Crippen LogP contribution >= 0.6 is 34.7 Å². The Bertz CT molecular complexity index is 1300. The lowest BCUT2D eigenvalue weighted by atomic mass is 10.2. The van der Waals surface area contributed by atoms with Crippen molar-refractivity contribution in [3.8, 4) is 17.1 Å². The van der Waals surface area contributed by atoms with Gasteiger partial charge in [-0.05, 0) is 61.7 Å². The van der Waals surface area contributed by atoms with Crippen LogP contribution in [0.2, 0.25) is 5.02 Å². The van der Waals surface area contributed by atoms with Gasteiger partial charge in [0.2, 0.25) is 5.91 Å². The number of nitrogens with two attached hydrogens (primary N) is 1. The van der Waals surface area contributed by atoms with Crippen LogP contribution in [0.25, 0.3) is 17.1 Å². The van der Waals surface area contributed by atoms with E-state index >= 15 is 0 Å². The molecule has 0 aliphatic carbocycles. The molecule has 0 radical (unpaired) electrons. The van der Waals surface area contributed by atoms with Crippen LogP contribution in [0, 0.1) is 6.92 Å². The molecule has 0 aliphatic rings. The van der Waals surface area contributed by atoms with Crippen molar-refractivity contribution in [3.63, 3.8) is 0 Å². The highest BCUT2D eigenvalue weighted by Gasteiger charge is 2.23. The number of thioether (sulfide) groups is 1. The molecule has 2 aromatic carbocycles. The molecule has 1 unspecified atom stereocenters. The molecular formula is C23H20ClN5O2S2. The van der Waals surface area contributed by atoms with Gasteiger partial charge >= 0.3 is 0 Å². The second-order valence-electron chi connectivity index (χ2n) is 7.26. The average molecular weight is 498 g/mol. The van der Waals surface area contributed by atoms with Gasteiger partial charge in [-0.2, -0.15) is 0 Å². The highest BCUT2D eigenvalue weighted by atomic mass is 35.5. The molecule has 0 spiro atoms. The number of rotatable bonds is 7. The summed E-state index contributed by atoms with van der Waals surface area (Å²) in [5.74, 6) is -0.213. The summed E-state index contributed by atoms with van der Waals surface area (Å²) < 4.78 is 1.91. The van der Waals surface area contributed by atoms with Gasteiger partial charge in [0.05, 0.1) is 10.8 Å². The van der Waals surface area contributed by atoms with Crippen molar-refractivity contribution in [3.05, 3.63) is 76.1 Å².